The summed E-state index contributed by atoms with van der Waals surface area (Å²) in [4.78, 5) is 24.4. The minimum absolute atomic E-state index is 0.0787. The number of aliphatic carboxylic acids is 1. The van der Waals surface area contributed by atoms with Crippen molar-refractivity contribution in [3.8, 4) is 10.6 Å². The number of aryl methyl sites for hydroxylation is 1. The van der Waals surface area contributed by atoms with Crippen LogP contribution in [0.4, 0.5) is 0 Å². The largest absolute Gasteiger partial charge is 0.481 e. The predicted molar refractivity (Wildman–Crippen MR) is 82.8 cm³/mol. The molecule has 6 nitrogen and oxygen atoms in total. The van der Waals surface area contributed by atoms with E-state index < -0.39 is 5.97 Å². The Morgan fingerprint density at radius 1 is 1.45 bits per heavy atom. The van der Waals surface area contributed by atoms with Gasteiger partial charge in [-0.2, -0.15) is 5.10 Å². The highest BCUT2D eigenvalue weighted by Crippen LogP contribution is 2.28. The molecule has 1 fully saturated rings. The molecule has 2 aromatic heterocycles. The first-order valence-electron chi connectivity index (χ1n) is 7.16. The van der Waals surface area contributed by atoms with E-state index >= 15 is 0 Å². The summed E-state index contributed by atoms with van der Waals surface area (Å²) in [6.07, 6.45) is 3.52. The van der Waals surface area contributed by atoms with Gasteiger partial charge >= 0.3 is 5.97 Å². The van der Waals surface area contributed by atoms with Gasteiger partial charge in [0.2, 0.25) is 0 Å². The Labute approximate surface area is 131 Å². The van der Waals surface area contributed by atoms with Crippen molar-refractivity contribution in [2.75, 3.05) is 0 Å². The highest BCUT2D eigenvalue weighted by molar-refractivity contribution is 7.13. The van der Waals surface area contributed by atoms with Crippen molar-refractivity contribution in [3.05, 3.63) is 29.3 Å². The predicted octanol–water partition coefficient (Wildman–Crippen LogP) is 2.13. The van der Waals surface area contributed by atoms with E-state index in [2.05, 4.69) is 10.4 Å². The van der Waals surface area contributed by atoms with Gasteiger partial charge in [0.25, 0.3) is 5.91 Å². The van der Waals surface area contributed by atoms with Crippen molar-refractivity contribution in [1.29, 1.82) is 0 Å². The highest BCUT2D eigenvalue weighted by Gasteiger charge is 2.31. The number of thiophene rings is 1. The zero-order chi connectivity index (χ0) is 15.7. The number of carbonyl (C=O) groups is 2. The highest BCUT2D eigenvalue weighted by atomic mass is 32.1. The second kappa shape index (κ2) is 5.92. The molecular formula is C15H17N3O3S. The third-order valence-corrected chi connectivity index (χ3v) is 4.82. The quantitative estimate of drug-likeness (QED) is 0.904. The van der Waals surface area contributed by atoms with Gasteiger partial charge < -0.3 is 10.4 Å². The van der Waals surface area contributed by atoms with Crippen LogP contribution in [0.5, 0.6) is 0 Å². The van der Waals surface area contributed by atoms with Gasteiger partial charge in [-0.3, -0.25) is 14.3 Å². The lowest BCUT2D eigenvalue weighted by Crippen LogP contribution is -2.33. The number of hydrogen-bond acceptors (Lipinski definition) is 4. The molecule has 1 amide bonds. The van der Waals surface area contributed by atoms with Gasteiger partial charge in [-0.15, -0.1) is 11.3 Å². The standard InChI is InChI=1S/C15H17N3O3S/c1-18-8-11(13(17-18)12-3-2-6-22-12)14(19)16-10-5-4-9(7-10)15(20)21/h2-3,6,8-10H,4-5,7H2,1H3,(H,16,19)(H,20,21)/t9-,10+/m1/s1. The topological polar surface area (TPSA) is 84.2 Å². The van der Waals surface area contributed by atoms with Crippen LogP contribution in [0.3, 0.4) is 0 Å². The molecule has 1 saturated carbocycles. The number of carboxylic acid groups (broad SMARTS) is 1. The fourth-order valence-corrected chi connectivity index (χ4v) is 3.57. The normalized spacial score (nSPS) is 21.0. The first kappa shape index (κ1) is 14.8. The number of nitrogens with zero attached hydrogens (tertiary/aromatic N) is 2. The minimum atomic E-state index is -0.780. The molecular weight excluding hydrogens is 302 g/mol. The van der Waals surface area contributed by atoms with Crippen molar-refractivity contribution < 1.29 is 14.7 Å². The maximum atomic E-state index is 12.5. The van der Waals surface area contributed by atoms with Crippen molar-refractivity contribution in [3.63, 3.8) is 0 Å². The molecule has 3 rings (SSSR count). The number of aromatic nitrogens is 2. The Balaban J connectivity index is 1.75. The molecule has 0 aromatic carbocycles. The minimum Gasteiger partial charge on any atom is -0.481 e. The zero-order valence-electron chi connectivity index (χ0n) is 12.2. The fourth-order valence-electron chi connectivity index (χ4n) is 2.85. The monoisotopic (exact) mass is 319 g/mol. The molecule has 0 saturated heterocycles. The summed E-state index contributed by atoms with van der Waals surface area (Å²) >= 11 is 1.53. The van der Waals surface area contributed by atoms with Crippen LogP contribution >= 0.6 is 11.3 Å². The molecule has 2 atom stereocenters. The first-order valence-corrected chi connectivity index (χ1v) is 8.03. The van der Waals surface area contributed by atoms with Crippen LogP contribution in [0.2, 0.25) is 0 Å². The molecule has 7 heteroatoms. The van der Waals surface area contributed by atoms with Crippen LogP contribution in [0.1, 0.15) is 29.6 Å². The first-order chi connectivity index (χ1) is 10.5. The van der Waals surface area contributed by atoms with E-state index in [0.717, 1.165) is 4.88 Å². The average molecular weight is 319 g/mol. The zero-order valence-corrected chi connectivity index (χ0v) is 13.0. The fraction of sp³-hybridized carbons (Fsp3) is 0.400. The number of amides is 1. The van der Waals surface area contributed by atoms with E-state index in [0.29, 0.717) is 30.5 Å². The molecule has 2 N–H and O–H groups in total. The van der Waals surface area contributed by atoms with E-state index in [9.17, 15) is 9.59 Å². The maximum absolute atomic E-state index is 12.5. The SMILES string of the molecule is Cn1cc(C(=O)N[C@H]2CC[C@@H](C(=O)O)C2)c(-c2cccs2)n1. The Bertz CT molecular complexity index is 693. The third kappa shape index (κ3) is 2.89. The molecule has 116 valence electrons. The van der Waals surface area contributed by atoms with Crippen molar-refractivity contribution >= 4 is 23.2 Å². The lowest BCUT2D eigenvalue weighted by molar-refractivity contribution is -0.141. The van der Waals surface area contributed by atoms with Crippen molar-refractivity contribution in [2.45, 2.75) is 25.3 Å². The molecule has 1 aliphatic rings. The van der Waals surface area contributed by atoms with Gasteiger partial charge in [-0.1, -0.05) is 6.07 Å². The van der Waals surface area contributed by atoms with E-state index in [1.54, 1.807) is 17.9 Å². The van der Waals surface area contributed by atoms with E-state index in [-0.39, 0.29) is 17.9 Å². The van der Waals surface area contributed by atoms with Crippen LogP contribution in [0.15, 0.2) is 23.7 Å². The molecule has 0 unspecified atom stereocenters. The van der Waals surface area contributed by atoms with Gasteiger partial charge in [0.05, 0.1) is 16.4 Å². The van der Waals surface area contributed by atoms with E-state index in [1.807, 2.05) is 17.5 Å². The number of nitrogens with one attached hydrogen (secondary N) is 1. The number of rotatable bonds is 4. The Hall–Kier alpha value is -2.15. The van der Waals surface area contributed by atoms with Crippen LogP contribution in [-0.2, 0) is 11.8 Å². The van der Waals surface area contributed by atoms with Crippen LogP contribution < -0.4 is 5.32 Å². The number of carboxylic acids is 1. The molecule has 0 bridgehead atoms. The second-order valence-corrected chi connectivity index (χ2v) is 6.51. The summed E-state index contributed by atoms with van der Waals surface area (Å²) < 4.78 is 1.62. The summed E-state index contributed by atoms with van der Waals surface area (Å²) in [6, 6.07) is 3.77. The molecule has 1 aliphatic carbocycles. The summed E-state index contributed by atoms with van der Waals surface area (Å²) in [5.41, 5.74) is 1.20. The molecule has 2 heterocycles. The molecule has 0 radical (unpaired) electrons. The maximum Gasteiger partial charge on any atom is 0.306 e. The average Bonchev–Trinajstić information content (AvgIpc) is 3.16. The molecule has 2 aromatic rings. The summed E-state index contributed by atoms with van der Waals surface area (Å²) in [5.74, 6) is -1.32. The van der Waals surface area contributed by atoms with E-state index in [1.165, 1.54) is 11.3 Å². The van der Waals surface area contributed by atoms with Crippen molar-refractivity contribution in [1.82, 2.24) is 15.1 Å². The van der Waals surface area contributed by atoms with Crippen molar-refractivity contribution in [2.24, 2.45) is 13.0 Å². The molecule has 22 heavy (non-hydrogen) atoms. The van der Waals surface area contributed by atoms with Gasteiger partial charge in [-0.05, 0) is 30.7 Å². The lowest BCUT2D eigenvalue weighted by Gasteiger charge is -2.12. The van der Waals surface area contributed by atoms with E-state index in [4.69, 9.17) is 5.11 Å². The van der Waals surface area contributed by atoms with Gasteiger partial charge in [0.1, 0.15) is 5.69 Å². The smallest absolute Gasteiger partial charge is 0.306 e. The lowest BCUT2D eigenvalue weighted by atomic mass is 10.1. The van der Waals surface area contributed by atoms with Crippen LogP contribution in [0, 0.1) is 5.92 Å². The Morgan fingerprint density at radius 2 is 2.27 bits per heavy atom. The Morgan fingerprint density at radius 3 is 2.91 bits per heavy atom. The molecule has 0 aliphatic heterocycles. The summed E-state index contributed by atoms with van der Waals surface area (Å²) in [5, 5.41) is 18.3. The number of carbonyl (C=O) groups excluding carboxylic acids is 1. The number of hydrogen-bond donors (Lipinski definition) is 2. The van der Waals surface area contributed by atoms with Gasteiger partial charge in [0.15, 0.2) is 0 Å². The van der Waals surface area contributed by atoms with Crippen LogP contribution in [0.25, 0.3) is 10.6 Å². The van der Waals surface area contributed by atoms with Gasteiger partial charge in [0, 0.05) is 19.3 Å². The Kier molecular flexibility index (Phi) is 3.98. The third-order valence-electron chi connectivity index (χ3n) is 3.95. The second-order valence-electron chi connectivity index (χ2n) is 5.56. The molecule has 0 spiro atoms. The van der Waals surface area contributed by atoms with Crippen LogP contribution in [-0.4, -0.2) is 32.8 Å². The summed E-state index contributed by atoms with van der Waals surface area (Å²) in [6.45, 7) is 0. The van der Waals surface area contributed by atoms with Gasteiger partial charge in [-0.25, -0.2) is 0 Å². The summed E-state index contributed by atoms with van der Waals surface area (Å²) in [7, 11) is 1.78.